The van der Waals surface area contributed by atoms with Crippen molar-refractivity contribution in [3.63, 3.8) is 0 Å². The molecule has 0 aromatic rings. The Bertz CT molecular complexity index is 638. The van der Waals surface area contributed by atoms with Crippen molar-refractivity contribution in [3.8, 4) is 0 Å². The molecule has 0 spiro atoms. The number of carbonyl (C=O) groups excluding carboxylic acids is 4. The first-order valence-corrected chi connectivity index (χ1v) is 11.6. The summed E-state index contributed by atoms with van der Waals surface area (Å²) in [6, 6.07) is -0.618. The van der Waals surface area contributed by atoms with Crippen LogP contribution in [0.15, 0.2) is 0 Å². The third-order valence-electron chi connectivity index (χ3n) is 5.37. The maximum absolute atomic E-state index is 12.6. The lowest BCUT2D eigenvalue weighted by atomic mass is 10.0. The fourth-order valence-electron chi connectivity index (χ4n) is 3.88. The monoisotopic (exact) mass is 442 g/mol. The Kier molecular flexibility index (Phi) is 10.3. The van der Waals surface area contributed by atoms with Crippen LogP contribution in [0.1, 0.15) is 72.6 Å². The van der Waals surface area contributed by atoms with E-state index in [0.29, 0.717) is 32.2 Å². The summed E-state index contributed by atoms with van der Waals surface area (Å²) in [5.41, 5.74) is 11.6. The largest absolute Gasteiger partial charge is 0.368 e. The van der Waals surface area contributed by atoms with Gasteiger partial charge in [0.25, 0.3) is 0 Å². The molecule has 0 saturated carbocycles. The van der Waals surface area contributed by atoms with Crippen LogP contribution < -0.4 is 11.5 Å². The van der Waals surface area contributed by atoms with Crippen LogP contribution in [-0.4, -0.2) is 63.2 Å². The minimum absolute atomic E-state index is 0.0536. The van der Waals surface area contributed by atoms with E-state index in [4.69, 9.17) is 11.5 Å². The van der Waals surface area contributed by atoms with Crippen molar-refractivity contribution >= 4 is 35.4 Å². The van der Waals surface area contributed by atoms with Gasteiger partial charge in [0.1, 0.15) is 6.04 Å². The van der Waals surface area contributed by atoms with Crippen LogP contribution in [0, 0.1) is 5.92 Å². The van der Waals surface area contributed by atoms with Crippen molar-refractivity contribution in [2.45, 2.75) is 88.8 Å². The topological polar surface area (TPSA) is 127 Å². The van der Waals surface area contributed by atoms with Crippen LogP contribution in [0.4, 0.5) is 0 Å². The molecule has 3 atom stereocenters. The summed E-state index contributed by atoms with van der Waals surface area (Å²) in [7, 11) is 1.60. The molecule has 4 N–H and O–H groups in total. The van der Waals surface area contributed by atoms with E-state index in [2.05, 4.69) is 0 Å². The molecule has 1 rings (SSSR count). The van der Waals surface area contributed by atoms with Crippen LogP contribution in [0.5, 0.6) is 0 Å². The molecule has 1 heterocycles. The van der Waals surface area contributed by atoms with Gasteiger partial charge in [-0.05, 0) is 32.1 Å². The van der Waals surface area contributed by atoms with E-state index in [-0.39, 0.29) is 30.1 Å². The normalized spacial score (nSPS) is 19.8. The van der Waals surface area contributed by atoms with Gasteiger partial charge in [0, 0.05) is 26.4 Å². The molecule has 4 amide bonds. The van der Waals surface area contributed by atoms with Crippen molar-refractivity contribution in [3.05, 3.63) is 0 Å². The summed E-state index contributed by atoms with van der Waals surface area (Å²) in [4.78, 5) is 51.0. The fraction of sp³-hybridized carbons (Fsp3) is 0.810. The molecule has 1 saturated heterocycles. The van der Waals surface area contributed by atoms with E-state index in [0.717, 1.165) is 12.8 Å². The van der Waals surface area contributed by atoms with Gasteiger partial charge >= 0.3 is 0 Å². The number of likely N-dealkylation sites (tertiary alicyclic amines) is 1. The predicted molar refractivity (Wildman–Crippen MR) is 119 cm³/mol. The van der Waals surface area contributed by atoms with Gasteiger partial charge < -0.3 is 16.4 Å². The Balaban J connectivity index is 2.42. The van der Waals surface area contributed by atoms with Gasteiger partial charge in [-0.25, -0.2) is 0 Å². The number of amides is 4. The zero-order valence-corrected chi connectivity index (χ0v) is 19.8. The minimum atomic E-state index is -0.618. The Morgan fingerprint density at radius 2 is 1.90 bits per heavy atom. The number of primary amides is 1. The standard InChI is InChI=1S/C21H38N4O4S/c1-6-11-21(4,23)30-15-13-17(27)25(20(15)29)12-9-7-8-10-16(26)24(5)18(14(2)3)19(22)28/h14-15,18H,6-13,23H2,1-5H3,(H2,22,28). The molecule has 0 radical (unpaired) electrons. The molecule has 172 valence electrons. The second kappa shape index (κ2) is 11.7. The summed E-state index contributed by atoms with van der Waals surface area (Å²) in [5, 5.41) is -0.406. The quantitative estimate of drug-likeness (QED) is 0.255. The molecule has 0 bridgehead atoms. The van der Waals surface area contributed by atoms with Gasteiger partial charge in [-0.1, -0.05) is 33.6 Å². The highest BCUT2D eigenvalue weighted by Gasteiger charge is 2.41. The zero-order chi connectivity index (χ0) is 23.1. The first-order chi connectivity index (χ1) is 13.9. The molecule has 8 nitrogen and oxygen atoms in total. The van der Waals surface area contributed by atoms with E-state index in [1.54, 1.807) is 7.05 Å². The number of hydrogen-bond acceptors (Lipinski definition) is 6. The van der Waals surface area contributed by atoms with Crippen molar-refractivity contribution in [2.24, 2.45) is 17.4 Å². The molecule has 30 heavy (non-hydrogen) atoms. The predicted octanol–water partition coefficient (Wildman–Crippen LogP) is 1.85. The molecular weight excluding hydrogens is 404 g/mol. The molecule has 1 fully saturated rings. The molecule has 0 aromatic heterocycles. The van der Waals surface area contributed by atoms with Crippen LogP contribution in [0.2, 0.25) is 0 Å². The Morgan fingerprint density at radius 1 is 1.27 bits per heavy atom. The lowest BCUT2D eigenvalue weighted by Gasteiger charge is -2.28. The number of thioether (sulfide) groups is 1. The fourth-order valence-corrected chi connectivity index (χ4v) is 5.31. The summed E-state index contributed by atoms with van der Waals surface area (Å²) >= 11 is 1.39. The second-order valence-corrected chi connectivity index (χ2v) is 10.4. The van der Waals surface area contributed by atoms with Crippen molar-refractivity contribution < 1.29 is 19.2 Å². The van der Waals surface area contributed by atoms with Crippen molar-refractivity contribution in [1.29, 1.82) is 0 Å². The first-order valence-electron chi connectivity index (χ1n) is 10.8. The summed E-state index contributed by atoms with van der Waals surface area (Å²) in [6.07, 6.45) is 4.18. The van der Waals surface area contributed by atoms with E-state index in [1.807, 2.05) is 27.7 Å². The number of carbonyl (C=O) groups is 4. The molecular formula is C21H38N4O4S. The maximum atomic E-state index is 12.6. The SMILES string of the molecule is CCCC(C)(N)SC1CC(=O)N(CCCCCC(=O)N(C)C(C(N)=O)C(C)C)C1=O. The average Bonchev–Trinajstić information content (AvgIpc) is 2.86. The molecule has 1 aliphatic rings. The van der Waals surface area contributed by atoms with Crippen LogP contribution in [0.25, 0.3) is 0 Å². The molecule has 0 aliphatic carbocycles. The van der Waals surface area contributed by atoms with Gasteiger partial charge in [0.15, 0.2) is 0 Å². The highest BCUT2D eigenvalue weighted by molar-refractivity contribution is 8.01. The smallest absolute Gasteiger partial charge is 0.242 e. The number of hydrogen-bond donors (Lipinski definition) is 2. The highest BCUT2D eigenvalue weighted by Crippen LogP contribution is 2.34. The second-order valence-electron chi connectivity index (χ2n) is 8.66. The van der Waals surface area contributed by atoms with Gasteiger partial charge in [-0.15, -0.1) is 11.8 Å². The lowest BCUT2D eigenvalue weighted by molar-refractivity contribution is -0.139. The van der Waals surface area contributed by atoms with Crippen LogP contribution in [0.3, 0.4) is 0 Å². The van der Waals surface area contributed by atoms with Crippen molar-refractivity contribution in [1.82, 2.24) is 9.80 Å². The summed E-state index contributed by atoms with van der Waals surface area (Å²) in [6.45, 7) is 8.01. The number of nitrogens with two attached hydrogens (primary N) is 2. The Morgan fingerprint density at radius 3 is 2.43 bits per heavy atom. The van der Waals surface area contributed by atoms with E-state index >= 15 is 0 Å². The third-order valence-corrected chi connectivity index (χ3v) is 6.76. The molecule has 0 aromatic carbocycles. The van der Waals surface area contributed by atoms with Gasteiger partial charge in [-0.3, -0.25) is 24.1 Å². The molecule has 9 heteroatoms. The third kappa shape index (κ3) is 7.58. The number of likely N-dealkylation sites (N-methyl/N-ethyl adjacent to an activating group) is 1. The number of unbranched alkanes of at least 4 members (excludes halogenated alkanes) is 2. The molecule has 3 unspecified atom stereocenters. The van der Waals surface area contributed by atoms with Crippen LogP contribution in [-0.2, 0) is 19.2 Å². The van der Waals surface area contributed by atoms with E-state index in [1.165, 1.54) is 21.6 Å². The van der Waals surface area contributed by atoms with Gasteiger partial charge in [0.05, 0.1) is 10.1 Å². The zero-order valence-electron chi connectivity index (χ0n) is 19.0. The Labute approximate surface area is 184 Å². The lowest BCUT2D eigenvalue weighted by Crippen LogP contribution is -2.48. The minimum Gasteiger partial charge on any atom is -0.368 e. The Hall–Kier alpha value is -1.61. The average molecular weight is 443 g/mol. The number of nitrogens with zero attached hydrogens (tertiary/aromatic N) is 2. The van der Waals surface area contributed by atoms with Gasteiger partial charge in [0.2, 0.25) is 23.6 Å². The van der Waals surface area contributed by atoms with Gasteiger partial charge in [-0.2, -0.15) is 0 Å². The first kappa shape index (κ1) is 26.4. The van der Waals surface area contributed by atoms with E-state index < -0.39 is 22.1 Å². The summed E-state index contributed by atoms with van der Waals surface area (Å²) < 4.78 is 0. The van der Waals surface area contributed by atoms with E-state index in [9.17, 15) is 19.2 Å². The van der Waals surface area contributed by atoms with Crippen LogP contribution >= 0.6 is 11.8 Å². The number of imide groups is 1. The maximum Gasteiger partial charge on any atom is 0.242 e. The van der Waals surface area contributed by atoms with Crippen molar-refractivity contribution in [2.75, 3.05) is 13.6 Å². The number of rotatable bonds is 13. The molecule has 1 aliphatic heterocycles. The summed E-state index contributed by atoms with van der Waals surface area (Å²) in [5.74, 6) is -0.999. The highest BCUT2D eigenvalue weighted by atomic mass is 32.2.